The number of hydrogen-bond acceptors (Lipinski definition) is 3. The SMILES string of the molecule is CCc1cc2c(=O)n3c(nc2s1)/C(=C/c1ccc(C)cc1)CC3. The maximum atomic E-state index is 12.7. The fourth-order valence-corrected chi connectivity index (χ4v) is 3.99. The summed E-state index contributed by atoms with van der Waals surface area (Å²) in [7, 11) is 0. The van der Waals surface area contributed by atoms with Gasteiger partial charge in [0.15, 0.2) is 0 Å². The summed E-state index contributed by atoms with van der Waals surface area (Å²) < 4.78 is 1.83. The van der Waals surface area contributed by atoms with Crippen molar-refractivity contribution < 1.29 is 0 Å². The van der Waals surface area contributed by atoms with Gasteiger partial charge < -0.3 is 0 Å². The fourth-order valence-electron chi connectivity index (χ4n) is 3.04. The molecule has 0 fully saturated rings. The molecule has 116 valence electrons. The van der Waals surface area contributed by atoms with Crippen LogP contribution in [0, 0.1) is 6.92 Å². The molecule has 0 bridgehead atoms. The Morgan fingerprint density at radius 1 is 1.30 bits per heavy atom. The van der Waals surface area contributed by atoms with Crippen LogP contribution in [0.4, 0.5) is 0 Å². The van der Waals surface area contributed by atoms with Gasteiger partial charge in [0.05, 0.1) is 5.39 Å². The lowest BCUT2D eigenvalue weighted by molar-refractivity contribution is 0.726. The van der Waals surface area contributed by atoms with E-state index in [1.165, 1.54) is 10.4 Å². The number of nitrogens with zero attached hydrogens (tertiary/aromatic N) is 2. The summed E-state index contributed by atoms with van der Waals surface area (Å²) in [5, 5.41) is 0.771. The average Bonchev–Trinajstić information content (AvgIpc) is 3.15. The van der Waals surface area contributed by atoms with Crippen LogP contribution < -0.4 is 5.56 Å². The van der Waals surface area contributed by atoms with Crippen LogP contribution in [0.1, 0.15) is 35.2 Å². The molecule has 1 aromatic carbocycles. The van der Waals surface area contributed by atoms with E-state index in [4.69, 9.17) is 4.98 Å². The van der Waals surface area contributed by atoms with Crippen LogP contribution in [-0.2, 0) is 13.0 Å². The Morgan fingerprint density at radius 3 is 2.83 bits per heavy atom. The predicted octanol–water partition coefficient (Wildman–Crippen LogP) is 4.27. The lowest BCUT2D eigenvalue weighted by Crippen LogP contribution is -2.19. The maximum Gasteiger partial charge on any atom is 0.262 e. The molecule has 2 aromatic heterocycles. The molecule has 3 heterocycles. The van der Waals surface area contributed by atoms with Gasteiger partial charge in [-0.2, -0.15) is 0 Å². The molecule has 4 rings (SSSR count). The van der Waals surface area contributed by atoms with Gasteiger partial charge in [0.1, 0.15) is 10.7 Å². The summed E-state index contributed by atoms with van der Waals surface area (Å²) in [6.07, 6.45) is 3.97. The Balaban J connectivity index is 1.86. The first-order valence-corrected chi connectivity index (χ1v) is 8.78. The van der Waals surface area contributed by atoms with Gasteiger partial charge in [0.2, 0.25) is 0 Å². The molecule has 0 aliphatic carbocycles. The van der Waals surface area contributed by atoms with E-state index >= 15 is 0 Å². The van der Waals surface area contributed by atoms with Gasteiger partial charge in [-0.15, -0.1) is 11.3 Å². The van der Waals surface area contributed by atoms with E-state index < -0.39 is 0 Å². The van der Waals surface area contributed by atoms with Crippen molar-refractivity contribution in [3.05, 3.63) is 62.5 Å². The smallest absolute Gasteiger partial charge is 0.262 e. The summed E-state index contributed by atoms with van der Waals surface area (Å²) in [6, 6.07) is 10.4. The minimum atomic E-state index is 0.105. The van der Waals surface area contributed by atoms with Gasteiger partial charge >= 0.3 is 0 Å². The lowest BCUT2D eigenvalue weighted by atomic mass is 10.1. The van der Waals surface area contributed by atoms with Crippen molar-refractivity contribution >= 4 is 33.2 Å². The van der Waals surface area contributed by atoms with Crippen LogP contribution in [0.5, 0.6) is 0 Å². The van der Waals surface area contributed by atoms with Gasteiger partial charge in [0.25, 0.3) is 5.56 Å². The second kappa shape index (κ2) is 5.46. The van der Waals surface area contributed by atoms with Gasteiger partial charge in [-0.25, -0.2) is 4.98 Å². The number of aryl methyl sites for hydroxylation is 2. The number of aromatic nitrogens is 2. The number of benzene rings is 1. The van der Waals surface area contributed by atoms with E-state index in [1.807, 2.05) is 10.6 Å². The highest BCUT2D eigenvalue weighted by Crippen LogP contribution is 2.30. The molecule has 0 saturated carbocycles. The van der Waals surface area contributed by atoms with E-state index in [0.29, 0.717) is 0 Å². The topological polar surface area (TPSA) is 34.9 Å². The van der Waals surface area contributed by atoms with Crippen LogP contribution in [-0.4, -0.2) is 9.55 Å². The highest BCUT2D eigenvalue weighted by atomic mass is 32.1. The first-order chi connectivity index (χ1) is 11.2. The van der Waals surface area contributed by atoms with Crippen molar-refractivity contribution in [3.63, 3.8) is 0 Å². The van der Waals surface area contributed by atoms with Gasteiger partial charge in [-0.3, -0.25) is 9.36 Å². The third-order valence-electron chi connectivity index (χ3n) is 4.36. The van der Waals surface area contributed by atoms with Crippen LogP contribution in [0.2, 0.25) is 0 Å². The third kappa shape index (κ3) is 2.43. The summed E-state index contributed by atoms with van der Waals surface area (Å²) >= 11 is 1.64. The summed E-state index contributed by atoms with van der Waals surface area (Å²) in [5.74, 6) is 0.840. The van der Waals surface area contributed by atoms with E-state index in [0.717, 1.165) is 46.6 Å². The Hall–Kier alpha value is -2.20. The molecule has 0 unspecified atom stereocenters. The zero-order chi connectivity index (χ0) is 16.0. The summed E-state index contributed by atoms with van der Waals surface area (Å²) in [6.45, 7) is 4.92. The summed E-state index contributed by atoms with van der Waals surface area (Å²) in [5.41, 5.74) is 3.67. The van der Waals surface area contributed by atoms with E-state index in [1.54, 1.807) is 11.3 Å². The molecule has 0 amide bonds. The van der Waals surface area contributed by atoms with Crippen LogP contribution >= 0.6 is 11.3 Å². The number of rotatable bonds is 2. The molecule has 0 spiro atoms. The van der Waals surface area contributed by atoms with Crippen molar-refractivity contribution in [2.75, 3.05) is 0 Å². The van der Waals surface area contributed by atoms with Crippen molar-refractivity contribution in [1.29, 1.82) is 0 Å². The van der Waals surface area contributed by atoms with Gasteiger partial charge in [-0.05, 0) is 43.0 Å². The van der Waals surface area contributed by atoms with Gasteiger partial charge in [0, 0.05) is 11.4 Å². The zero-order valence-corrected chi connectivity index (χ0v) is 14.1. The molecule has 0 radical (unpaired) electrons. The second-order valence-corrected chi connectivity index (χ2v) is 7.12. The number of thiophene rings is 1. The lowest BCUT2D eigenvalue weighted by Gasteiger charge is -2.03. The molecule has 0 atom stereocenters. The second-order valence-electron chi connectivity index (χ2n) is 6.01. The normalized spacial score (nSPS) is 15.5. The minimum absolute atomic E-state index is 0.105. The average molecular weight is 322 g/mol. The van der Waals surface area contributed by atoms with E-state index in [9.17, 15) is 4.79 Å². The Bertz CT molecular complexity index is 977. The van der Waals surface area contributed by atoms with Crippen molar-refractivity contribution in [1.82, 2.24) is 9.55 Å². The molecule has 23 heavy (non-hydrogen) atoms. The van der Waals surface area contributed by atoms with Crippen LogP contribution in [0.25, 0.3) is 21.9 Å². The molecule has 3 nitrogen and oxygen atoms in total. The molecule has 1 aliphatic heterocycles. The molecular weight excluding hydrogens is 304 g/mol. The van der Waals surface area contributed by atoms with Crippen LogP contribution in [0.15, 0.2) is 35.1 Å². The number of allylic oxidation sites excluding steroid dienone is 1. The minimum Gasteiger partial charge on any atom is -0.292 e. The molecule has 1 aliphatic rings. The van der Waals surface area contributed by atoms with E-state index in [2.05, 4.69) is 44.2 Å². The summed E-state index contributed by atoms with van der Waals surface area (Å²) in [4.78, 5) is 19.6. The van der Waals surface area contributed by atoms with Crippen LogP contribution in [0.3, 0.4) is 0 Å². The first-order valence-electron chi connectivity index (χ1n) is 7.96. The zero-order valence-electron chi connectivity index (χ0n) is 13.3. The standard InChI is InChI=1S/C19H18N2OS/c1-3-15-11-16-18(23-15)20-17-14(8-9-21(17)19(16)22)10-13-6-4-12(2)5-7-13/h4-7,10-11H,3,8-9H2,1-2H3/b14-10+. The Morgan fingerprint density at radius 2 is 2.09 bits per heavy atom. The molecule has 3 aromatic rings. The first kappa shape index (κ1) is 14.4. The molecular formula is C19H18N2OS. The highest BCUT2D eigenvalue weighted by molar-refractivity contribution is 7.18. The molecule has 4 heteroatoms. The van der Waals surface area contributed by atoms with E-state index in [-0.39, 0.29) is 5.56 Å². The number of fused-ring (bicyclic) bond motifs is 2. The largest absolute Gasteiger partial charge is 0.292 e. The third-order valence-corrected chi connectivity index (χ3v) is 5.53. The molecule has 0 saturated heterocycles. The van der Waals surface area contributed by atoms with Crippen molar-refractivity contribution in [3.8, 4) is 0 Å². The van der Waals surface area contributed by atoms with Crippen molar-refractivity contribution in [2.24, 2.45) is 0 Å². The van der Waals surface area contributed by atoms with Crippen molar-refractivity contribution in [2.45, 2.75) is 33.2 Å². The highest BCUT2D eigenvalue weighted by Gasteiger charge is 2.21. The monoisotopic (exact) mass is 322 g/mol. The number of hydrogen-bond donors (Lipinski definition) is 0. The van der Waals surface area contributed by atoms with Gasteiger partial charge in [-0.1, -0.05) is 36.8 Å². The Kier molecular flexibility index (Phi) is 3.42. The maximum absolute atomic E-state index is 12.7. The fraction of sp³-hybridized carbons (Fsp3) is 0.263. The quantitative estimate of drug-likeness (QED) is 0.706. The Labute approximate surface area is 138 Å². The predicted molar refractivity (Wildman–Crippen MR) is 96.9 cm³/mol. The molecule has 0 N–H and O–H groups in total.